The fraction of sp³-hybridized carbons (Fsp3) is 1.00. The Balaban J connectivity index is 3.45. The number of aliphatic hydroxyl groups is 1. The molecular formula is C8H20N2O3S. The Morgan fingerprint density at radius 1 is 1.29 bits per heavy atom. The lowest BCUT2D eigenvalue weighted by atomic mass is 10.3. The van der Waals surface area contributed by atoms with Gasteiger partial charge in [-0.25, -0.2) is 13.1 Å². The first-order valence-electron chi connectivity index (χ1n) is 4.71. The Hall–Kier alpha value is -0.170. The molecular weight excluding hydrogens is 204 g/mol. The Bertz CT molecular complexity index is 227. The summed E-state index contributed by atoms with van der Waals surface area (Å²) < 4.78 is 24.5. The highest BCUT2D eigenvalue weighted by Gasteiger charge is 2.07. The molecule has 0 rings (SSSR count). The number of nitrogens with one attached hydrogen (secondary N) is 1. The summed E-state index contributed by atoms with van der Waals surface area (Å²) in [6.07, 6.45) is 1.79. The number of rotatable bonds is 8. The first-order valence-corrected chi connectivity index (χ1v) is 6.36. The molecule has 2 N–H and O–H groups in total. The van der Waals surface area contributed by atoms with Crippen LogP contribution in [0.25, 0.3) is 0 Å². The van der Waals surface area contributed by atoms with E-state index in [-0.39, 0.29) is 12.4 Å². The summed E-state index contributed by atoms with van der Waals surface area (Å²) >= 11 is 0. The van der Waals surface area contributed by atoms with Crippen LogP contribution in [0.3, 0.4) is 0 Å². The molecule has 14 heavy (non-hydrogen) atoms. The molecule has 0 amide bonds. The van der Waals surface area contributed by atoms with Gasteiger partial charge in [0.15, 0.2) is 0 Å². The number of unbranched alkanes of at least 4 members (excludes halogenated alkanes) is 1. The zero-order chi connectivity index (χ0) is 11.0. The van der Waals surface area contributed by atoms with Crippen LogP contribution in [0.2, 0.25) is 0 Å². The van der Waals surface area contributed by atoms with Crippen molar-refractivity contribution in [2.75, 3.05) is 39.5 Å². The standard InChI is InChI=1S/C8H20N2O3S/c1-10(2)6-4-3-5-9-14(12,13)8-7-11/h9,11H,3-8H2,1-2H3. The van der Waals surface area contributed by atoms with Gasteiger partial charge in [-0.2, -0.15) is 0 Å². The van der Waals surface area contributed by atoms with E-state index in [0.29, 0.717) is 6.54 Å². The second kappa shape index (κ2) is 7.17. The minimum absolute atomic E-state index is 0.208. The van der Waals surface area contributed by atoms with E-state index in [1.807, 2.05) is 14.1 Å². The van der Waals surface area contributed by atoms with Crippen LogP contribution in [-0.4, -0.2) is 58.0 Å². The molecule has 0 saturated carbocycles. The van der Waals surface area contributed by atoms with Crippen molar-refractivity contribution >= 4 is 10.0 Å². The predicted octanol–water partition coefficient (Wildman–Crippen LogP) is -0.760. The van der Waals surface area contributed by atoms with E-state index in [0.717, 1.165) is 19.4 Å². The van der Waals surface area contributed by atoms with Crippen LogP contribution in [0.4, 0.5) is 0 Å². The summed E-state index contributed by atoms with van der Waals surface area (Å²) in [5.74, 6) is -0.208. The number of aliphatic hydroxyl groups excluding tert-OH is 1. The van der Waals surface area contributed by atoms with E-state index < -0.39 is 10.0 Å². The topological polar surface area (TPSA) is 69.6 Å². The van der Waals surface area contributed by atoms with Crippen LogP contribution < -0.4 is 4.72 Å². The Morgan fingerprint density at radius 2 is 1.93 bits per heavy atom. The van der Waals surface area contributed by atoms with Gasteiger partial charge < -0.3 is 10.0 Å². The zero-order valence-corrected chi connectivity index (χ0v) is 9.68. The third kappa shape index (κ3) is 8.43. The maximum atomic E-state index is 11.0. The van der Waals surface area contributed by atoms with Crippen molar-refractivity contribution < 1.29 is 13.5 Å². The first kappa shape index (κ1) is 13.8. The van der Waals surface area contributed by atoms with Gasteiger partial charge in [0.2, 0.25) is 10.0 Å². The molecule has 0 aromatic carbocycles. The van der Waals surface area contributed by atoms with Gasteiger partial charge in [-0.05, 0) is 33.5 Å². The molecule has 86 valence electrons. The number of hydrogen-bond acceptors (Lipinski definition) is 4. The van der Waals surface area contributed by atoms with Gasteiger partial charge in [-0.3, -0.25) is 0 Å². The van der Waals surface area contributed by atoms with Crippen molar-refractivity contribution in [1.82, 2.24) is 9.62 Å². The molecule has 6 heteroatoms. The summed E-state index contributed by atoms with van der Waals surface area (Å²) in [6, 6.07) is 0. The van der Waals surface area contributed by atoms with Gasteiger partial charge >= 0.3 is 0 Å². The normalized spacial score (nSPS) is 12.3. The van der Waals surface area contributed by atoms with Crippen molar-refractivity contribution in [2.45, 2.75) is 12.8 Å². The van der Waals surface area contributed by atoms with Gasteiger partial charge in [0.25, 0.3) is 0 Å². The zero-order valence-electron chi connectivity index (χ0n) is 8.86. The molecule has 0 bridgehead atoms. The molecule has 0 aliphatic carbocycles. The molecule has 0 spiro atoms. The van der Waals surface area contributed by atoms with Gasteiger partial charge in [0.1, 0.15) is 0 Å². The fourth-order valence-corrected chi connectivity index (χ4v) is 1.81. The van der Waals surface area contributed by atoms with Crippen molar-refractivity contribution in [3.63, 3.8) is 0 Å². The minimum Gasteiger partial charge on any atom is -0.395 e. The lowest BCUT2D eigenvalue weighted by Crippen LogP contribution is -2.29. The van der Waals surface area contributed by atoms with Crippen LogP contribution >= 0.6 is 0 Å². The number of nitrogens with zero attached hydrogens (tertiary/aromatic N) is 1. The highest BCUT2D eigenvalue weighted by Crippen LogP contribution is 1.91. The van der Waals surface area contributed by atoms with Crippen molar-refractivity contribution in [3.8, 4) is 0 Å². The van der Waals surface area contributed by atoms with E-state index in [2.05, 4.69) is 9.62 Å². The maximum absolute atomic E-state index is 11.0. The Labute approximate surface area is 86.2 Å². The summed E-state index contributed by atoms with van der Waals surface area (Å²) in [5.41, 5.74) is 0. The van der Waals surface area contributed by atoms with Crippen LogP contribution in [0.15, 0.2) is 0 Å². The molecule has 0 aromatic rings. The van der Waals surface area contributed by atoms with Gasteiger partial charge in [-0.15, -0.1) is 0 Å². The summed E-state index contributed by atoms with van der Waals surface area (Å²) in [7, 11) is 0.718. The average Bonchev–Trinajstić information content (AvgIpc) is 2.02. The number of sulfonamides is 1. The van der Waals surface area contributed by atoms with E-state index in [1.165, 1.54) is 0 Å². The lowest BCUT2D eigenvalue weighted by Gasteiger charge is -2.09. The highest BCUT2D eigenvalue weighted by molar-refractivity contribution is 7.89. The maximum Gasteiger partial charge on any atom is 0.213 e. The summed E-state index contributed by atoms with van der Waals surface area (Å²) in [5, 5.41) is 8.45. The van der Waals surface area contributed by atoms with Crippen LogP contribution in [0.1, 0.15) is 12.8 Å². The first-order chi connectivity index (χ1) is 6.48. The minimum atomic E-state index is -3.25. The van der Waals surface area contributed by atoms with Crippen LogP contribution in [-0.2, 0) is 10.0 Å². The quantitative estimate of drug-likeness (QED) is 0.532. The van der Waals surface area contributed by atoms with Gasteiger partial charge in [-0.1, -0.05) is 0 Å². The molecule has 5 nitrogen and oxygen atoms in total. The highest BCUT2D eigenvalue weighted by atomic mass is 32.2. The molecule has 0 fully saturated rings. The van der Waals surface area contributed by atoms with Gasteiger partial charge in [0.05, 0.1) is 12.4 Å². The monoisotopic (exact) mass is 224 g/mol. The molecule has 0 atom stereocenters. The van der Waals surface area contributed by atoms with Crippen molar-refractivity contribution in [2.24, 2.45) is 0 Å². The summed E-state index contributed by atoms with van der Waals surface area (Å²) in [4.78, 5) is 2.06. The molecule has 0 aliphatic rings. The fourth-order valence-electron chi connectivity index (χ4n) is 0.973. The molecule has 0 radical (unpaired) electrons. The number of hydrogen-bond donors (Lipinski definition) is 2. The lowest BCUT2D eigenvalue weighted by molar-refractivity contribution is 0.319. The van der Waals surface area contributed by atoms with E-state index in [1.54, 1.807) is 0 Å². The van der Waals surface area contributed by atoms with Gasteiger partial charge in [0, 0.05) is 6.54 Å². The predicted molar refractivity (Wildman–Crippen MR) is 56.7 cm³/mol. The largest absolute Gasteiger partial charge is 0.395 e. The molecule has 0 heterocycles. The summed E-state index contributed by atoms with van der Waals surface area (Å²) in [6.45, 7) is 1.09. The molecule has 0 aromatic heterocycles. The van der Waals surface area contributed by atoms with E-state index in [4.69, 9.17) is 5.11 Å². The van der Waals surface area contributed by atoms with E-state index >= 15 is 0 Å². The smallest absolute Gasteiger partial charge is 0.213 e. The van der Waals surface area contributed by atoms with Crippen LogP contribution in [0.5, 0.6) is 0 Å². The Kier molecular flexibility index (Phi) is 7.08. The van der Waals surface area contributed by atoms with Crippen molar-refractivity contribution in [1.29, 1.82) is 0 Å². The van der Waals surface area contributed by atoms with Crippen molar-refractivity contribution in [3.05, 3.63) is 0 Å². The second-order valence-electron chi connectivity index (χ2n) is 3.45. The molecule has 0 unspecified atom stereocenters. The third-order valence-corrected chi connectivity index (χ3v) is 3.08. The third-order valence-electron chi connectivity index (χ3n) is 1.71. The SMILES string of the molecule is CN(C)CCCCNS(=O)(=O)CCO. The van der Waals surface area contributed by atoms with E-state index in [9.17, 15) is 8.42 Å². The van der Waals surface area contributed by atoms with Crippen LogP contribution in [0, 0.1) is 0 Å². The average molecular weight is 224 g/mol. The molecule has 0 aliphatic heterocycles. The molecule has 0 saturated heterocycles. The second-order valence-corrected chi connectivity index (χ2v) is 5.37. The Morgan fingerprint density at radius 3 is 2.43 bits per heavy atom.